The van der Waals surface area contributed by atoms with Gasteiger partial charge in [-0.1, -0.05) is 31.2 Å². The van der Waals surface area contributed by atoms with E-state index in [4.69, 9.17) is 9.47 Å². The Morgan fingerprint density at radius 2 is 1.87 bits per heavy atom. The first-order valence-electron chi connectivity index (χ1n) is 11.2. The summed E-state index contributed by atoms with van der Waals surface area (Å²) in [6, 6.07) is 8.96. The van der Waals surface area contributed by atoms with Crippen molar-refractivity contribution < 1.29 is 9.47 Å². The smallest absolute Gasteiger partial charge is 0.191 e. The van der Waals surface area contributed by atoms with E-state index in [0.29, 0.717) is 0 Å². The molecule has 170 valence electrons. The van der Waals surface area contributed by atoms with Gasteiger partial charge in [-0.05, 0) is 55.8 Å². The highest BCUT2D eigenvalue weighted by atomic mass is 127. The van der Waals surface area contributed by atoms with E-state index < -0.39 is 0 Å². The first-order valence-corrected chi connectivity index (χ1v) is 11.2. The van der Waals surface area contributed by atoms with Gasteiger partial charge in [0.2, 0.25) is 0 Å². The summed E-state index contributed by atoms with van der Waals surface area (Å²) < 4.78 is 11.1. The van der Waals surface area contributed by atoms with Gasteiger partial charge in [-0.2, -0.15) is 0 Å². The van der Waals surface area contributed by atoms with Crippen molar-refractivity contribution in [2.24, 2.45) is 10.9 Å². The number of nitrogens with one attached hydrogen (secondary N) is 2. The normalized spacial score (nSPS) is 20.7. The minimum atomic E-state index is 0. The van der Waals surface area contributed by atoms with Crippen molar-refractivity contribution in [3.8, 4) is 0 Å². The van der Waals surface area contributed by atoms with Crippen molar-refractivity contribution in [1.82, 2.24) is 15.5 Å². The molecule has 0 amide bonds. The fourth-order valence-corrected chi connectivity index (χ4v) is 3.82. The Labute approximate surface area is 199 Å². The molecule has 3 rings (SSSR count). The molecule has 1 unspecified atom stereocenters. The number of benzene rings is 1. The van der Waals surface area contributed by atoms with E-state index >= 15 is 0 Å². The van der Waals surface area contributed by atoms with E-state index in [-0.39, 0.29) is 30.1 Å². The van der Waals surface area contributed by atoms with Crippen molar-refractivity contribution >= 4 is 29.9 Å². The van der Waals surface area contributed by atoms with Gasteiger partial charge in [0.1, 0.15) is 0 Å². The van der Waals surface area contributed by atoms with Crippen molar-refractivity contribution in [2.45, 2.75) is 51.8 Å². The zero-order valence-corrected chi connectivity index (χ0v) is 20.9. The lowest BCUT2D eigenvalue weighted by Crippen LogP contribution is -2.37. The Kier molecular flexibility index (Phi) is 12.0. The predicted octanol–water partition coefficient (Wildman–Crippen LogP) is 3.40. The van der Waals surface area contributed by atoms with Crippen LogP contribution in [0, 0.1) is 5.92 Å². The maximum Gasteiger partial charge on any atom is 0.191 e. The van der Waals surface area contributed by atoms with E-state index in [9.17, 15) is 0 Å². The predicted molar refractivity (Wildman–Crippen MR) is 134 cm³/mol. The van der Waals surface area contributed by atoms with Crippen LogP contribution in [0.4, 0.5) is 0 Å². The van der Waals surface area contributed by atoms with Crippen LogP contribution in [0.3, 0.4) is 0 Å². The maximum atomic E-state index is 5.79. The monoisotopic (exact) mass is 530 g/mol. The lowest BCUT2D eigenvalue weighted by Gasteiger charge is -2.30. The van der Waals surface area contributed by atoms with Crippen molar-refractivity contribution in [2.75, 3.05) is 46.5 Å². The number of likely N-dealkylation sites (tertiary alicyclic amines) is 1. The number of hydrogen-bond donors (Lipinski definition) is 2. The van der Waals surface area contributed by atoms with Gasteiger partial charge in [-0.25, -0.2) is 0 Å². The van der Waals surface area contributed by atoms with Crippen LogP contribution in [-0.2, 0) is 22.6 Å². The van der Waals surface area contributed by atoms with Crippen LogP contribution in [0.2, 0.25) is 0 Å². The van der Waals surface area contributed by atoms with Gasteiger partial charge in [0.15, 0.2) is 5.96 Å². The molecular weight excluding hydrogens is 491 g/mol. The highest BCUT2D eigenvalue weighted by molar-refractivity contribution is 14.0. The van der Waals surface area contributed by atoms with Gasteiger partial charge in [0.05, 0.1) is 12.7 Å². The van der Waals surface area contributed by atoms with Gasteiger partial charge >= 0.3 is 0 Å². The van der Waals surface area contributed by atoms with Gasteiger partial charge in [-0.3, -0.25) is 9.89 Å². The van der Waals surface area contributed by atoms with Crippen LogP contribution >= 0.6 is 24.0 Å². The Morgan fingerprint density at radius 1 is 1.13 bits per heavy atom. The summed E-state index contributed by atoms with van der Waals surface area (Å²) in [4.78, 5) is 6.88. The minimum absolute atomic E-state index is 0. The zero-order chi connectivity index (χ0) is 20.3. The van der Waals surface area contributed by atoms with E-state index in [0.717, 1.165) is 64.2 Å². The van der Waals surface area contributed by atoms with Gasteiger partial charge in [-0.15, -0.1) is 24.0 Å². The third-order valence-electron chi connectivity index (χ3n) is 5.84. The number of piperidine rings is 1. The fraction of sp³-hybridized carbons (Fsp3) is 0.696. The summed E-state index contributed by atoms with van der Waals surface area (Å²) in [5.74, 6) is 1.72. The van der Waals surface area contributed by atoms with Gasteiger partial charge in [0, 0.05) is 39.9 Å². The number of halogens is 1. The number of aliphatic imine (C=N–C) groups is 1. The van der Waals surface area contributed by atoms with Crippen LogP contribution in [0.15, 0.2) is 29.3 Å². The molecule has 2 heterocycles. The van der Waals surface area contributed by atoms with Crippen LogP contribution in [-0.4, -0.2) is 63.5 Å². The lowest BCUT2D eigenvalue weighted by atomic mass is 9.99. The second-order valence-electron chi connectivity index (χ2n) is 8.34. The minimum Gasteiger partial charge on any atom is -0.379 e. The molecule has 0 aliphatic carbocycles. The second kappa shape index (κ2) is 14.2. The van der Waals surface area contributed by atoms with E-state index in [1.54, 1.807) is 0 Å². The van der Waals surface area contributed by atoms with Crippen LogP contribution in [0.25, 0.3) is 0 Å². The topological polar surface area (TPSA) is 58.1 Å². The molecule has 2 fully saturated rings. The molecule has 0 bridgehead atoms. The first-order chi connectivity index (χ1) is 14.2. The van der Waals surface area contributed by atoms with Crippen LogP contribution < -0.4 is 10.6 Å². The number of guanidine groups is 1. The van der Waals surface area contributed by atoms with Crippen molar-refractivity contribution in [1.29, 1.82) is 0 Å². The molecule has 0 aromatic heterocycles. The number of rotatable bonds is 9. The quantitative estimate of drug-likeness (QED) is 0.222. The standard InChI is InChI=1S/C23H38N4O2.HI/c1-19-8-12-27(13-9-19)17-21-6-4-20(5-7-21)16-26-23(24-2)25-11-3-14-29-22-10-15-28-18-22;/h4-7,19,22H,3,8-18H2,1-2H3,(H2,24,25,26);1H. The van der Waals surface area contributed by atoms with Crippen molar-refractivity contribution in [3.05, 3.63) is 35.4 Å². The average molecular weight is 530 g/mol. The fourth-order valence-electron chi connectivity index (χ4n) is 3.82. The Morgan fingerprint density at radius 3 is 2.53 bits per heavy atom. The SMILES string of the molecule is CN=C(NCCCOC1CCOC1)NCc1ccc(CN2CCC(C)CC2)cc1.I. The molecule has 0 radical (unpaired) electrons. The summed E-state index contributed by atoms with van der Waals surface area (Å²) in [5, 5.41) is 6.75. The molecule has 2 aliphatic heterocycles. The average Bonchev–Trinajstić information content (AvgIpc) is 3.26. The molecule has 0 saturated carbocycles. The second-order valence-corrected chi connectivity index (χ2v) is 8.34. The summed E-state index contributed by atoms with van der Waals surface area (Å²) >= 11 is 0. The summed E-state index contributed by atoms with van der Waals surface area (Å²) in [5.41, 5.74) is 2.67. The Hall–Kier alpha value is -0.900. The van der Waals surface area contributed by atoms with Crippen LogP contribution in [0.1, 0.15) is 43.7 Å². The molecule has 2 N–H and O–H groups in total. The van der Waals surface area contributed by atoms with Gasteiger partial charge < -0.3 is 20.1 Å². The molecule has 7 heteroatoms. The van der Waals surface area contributed by atoms with Crippen molar-refractivity contribution in [3.63, 3.8) is 0 Å². The first kappa shape index (κ1) is 25.4. The van der Waals surface area contributed by atoms with E-state index in [2.05, 4.69) is 51.7 Å². The van der Waals surface area contributed by atoms with E-state index in [1.165, 1.54) is 37.1 Å². The molecule has 30 heavy (non-hydrogen) atoms. The Bertz CT molecular complexity index is 612. The molecule has 1 aromatic rings. The van der Waals surface area contributed by atoms with Gasteiger partial charge in [0.25, 0.3) is 0 Å². The van der Waals surface area contributed by atoms with E-state index in [1.807, 2.05) is 7.05 Å². The molecule has 2 saturated heterocycles. The lowest BCUT2D eigenvalue weighted by molar-refractivity contribution is 0.0420. The Balaban J connectivity index is 0.00000320. The molecule has 2 aliphatic rings. The third-order valence-corrected chi connectivity index (χ3v) is 5.84. The summed E-state index contributed by atoms with van der Waals surface area (Å²) in [6.07, 6.45) is 4.92. The largest absolute Gasteiger partial charge is 0.379 e. The number of hydrogen-bond acceptors (Lipinski definition) is 4. The summed E-state index contributed by atoms with van der Waals surface area (Å²) in [7, 11) is 1.81. The third kappa shape index (κ3) is 9.08. The summed E-state index contributed by atoms with van der Waals surface area (Å²) in [6.45, 7) is 9.84. The highest BCUT2D eigenvalue weighted by Crippen LogP contribution is 2.18. The highest BCUT2D eigenvalue weighted by Gasteiger charge is 2.16. The molecular formula is C23H39IN4O2. The molecule has 1 atom stereocenters. The molecule has 0 spiro atoms. The maximum absolute atomic E-state index is 5.79. The number of nitrogens with zero attached hydrogens (tertiary/aromatic N) is 2. The van der Waals surface area contributed by atoms with Crippen LogP contribution in [0.5, 0.6) is 0 Å². The molecule has 6 nitrogen and oxygen atoms in total. The zero-order valence-electron chi connectivity index (χ0n) is 18.6. The number of ether oxygens (including phenoxy) is 2. The molecule has 1 aromatic carbocycles.